The van der Waals surface area contributed by atoms with Crippen molar-refractivity contribution in [1.29, 1.82) is 0 Å². The first-order valence-corrected chi connectivity index (χ1v) is 9.22. The summed E-state index contributed by atoms with van der Waals surface area (Å²) in [4.78, 5) is 0. The molecule has 1 saturated carbocycles. The summed E-state index contributed by atoms with van der Waals surface area (Å²) >= 11 is 6.71. The average Bonchev–Trinajstić information content (AvgIpc) is 3.12. The topological polar surface area (TPSA) is 88.1 Å². The minimum Gasteiger partial charge on any atom is -0.367 e. The predicted molar refractivity (Wildman–Crippen MR) is 84.2 cm³/mol. The maximum absolute atomic E-state index is 12.1. The summed E-state index contributed by atoms with van der Waals surface area (Å²) in [5.74, 6) is -0.0976. The first-order valence-electron chi connectivity index (χ1n) is 6.59. The van der Waals surface area contributed by atoms with Crippen LogP contribution in [0, 0.1) is 5.41 Å². The molecule has 2 heterocycles. The maximum Gasteiger partial charge on any atom is 0.295 e. The Morgan fingerprint density at radius 3 is 2.76 bits per heavy atom. The fourth-order valence-corrected chi connectivity index (χ4v) is 5.12. The van der Waals surface area contributed by atoms with Crippen LogP contribution in [0.25, 0.3) is 0 Å². The summed E-state index contributed by atoms with van der Waals surface area (Å²) < 4.78 is 28.4. The van der Waals surface area contributed by atoms with Crippen molar-refractivity contribution in [2.75, 3.05) is 6.54 Å². The number of sulfonamides is 1. The molecule has 0 bridgehead atoms. The van der Waals surface area contributed by atoms with E-state index < -0.39 is 10.0 Å². The molecule has 2 N–H and O–H groups in total. The molecule has 0 aromatic carbocycles. The van der Waals surface area contributed by atoms with Gasteiger partial charge in [-0.05, 0) is 25.0 Å². The number of nitrogens with zero attached hydrogens (tertiary/aromatic N) is 3. The lowest BCUT2D eigenvalue weighted by Gasteiger charge is -2.21. The van der Waals surface area contributed by atoms with Crippen molar-refractivity contribution in [2.45, 2.75) is 29.9 Å². The molecule has 21 heavy (non-hydrogen) atoms. The molecule has 0 radical (unpaired) electrons. The molecule has 2 aliphatic rings. The van der Waals surface area contributed by atoms with E-state index in [9.17, 15) is 8.42 Å². The summed E-state index contributed by atoms with van der Waals surface area (Å²) in [5, 5.41) is 5.69. The zero-order chi connectivity index (χ0) is 15.1. The Morgan fingerprint density at radius 2 is 2.14 bits per heavy atom. The van der Waals surface area contributed by atoms with Gasteiger partial charge >= 0.3 is 0 Å². The van der Waals surface area contributed by atoms with Crippen LogP contribution in [0.1, 0.15) is 25.7 Å². The number of rotatable bonds is 2. The van der Waals surface area contributed by atoms with Crippen molar-refractivity contribution in [3.05, 3.63) is 16.5 Å². The molecule has 0 atom stereocenters. The van der Waals surface area contributed by atoms with Crippen molar-refractivity contribution in [1.82, 2.24) is 5.01 Å². The highest BCUT2D eigenvalue weighted by Gasteiger charge is 2.39. The first-order chi connectivity index (χ1) is 9.90. The average molecular weight is 347 g/mol. The number of halogens is 1. The minimum atomic E-state index is -3.83. The zero-order valence-corrected chi connectivity index (χ0v) is 13.6. The monoisotopic (exact) mass is 346 g/mol. The molecular weight excluding hydrogens is 332 g/mol. The molecule has 0 unspecified atom stereocenters. The van der Waals surface area contributed by atoms with E-state index >= 15 is 0 Å². The Labute approximate surface area is 132 Å². The number of hydrogen-bond donors (Lipinski definition) is 1. The molecule has 1 aliphatic carbocycles. The maximum atomic E-state index is 12.1. The van der Waals surface area contributed by atoms with Gasteiger partial charge < -0.3 is 5.73 Å². The standard InChI is InChI=1S/C12H15ClN4O2S2/c13-9-3-4-10(20-9)21(18,19)16-11(14)17-8-12(7-15-17)5-1-2-6-12/h3-4,7H,1-2,5-6,8H2,(H2,14,16). The normalized spacial score (nSPS) is 21.6. The lowest BCUT2D eigenvalue weighted by molar-refractivity contribution is 0.345. The van der Waals surface area contributed by atoms with Crippen LogP contribution < -0.4 is 5.73 Å². The fraction of sp³-hybridized carbons (Fsp3) is 0.500. The van der Waals surface area contributed by atoms with E-state index in [2.05, 4.69) is 9.50 Å². The van der Waals surface area contributed by atoms with E-state index in [1.54, 1.807) is 0 Å². The van der Waals surface area contributed by atoms with Crippen molar-refractivity contribution < 1.29 is 8.42 Å². The molecule has 114 valence electrons. The molecule has 1 aromatic rings. The lowest BCUT2D eigenvalue weighted by Crippen LogP contribution is -2.36. The number of hydrazone groups is 1. The molecule has 1 aliphatic heterocycles. The van der Waals surface area contributed by atoms with Gasteiger partial charge in [0.05, 0.1) is 10.9 Å². The number of guanidine groups is 1. The second kappa shape index (κ2) is 5.26. The summed E-state index contributed by atoms with van der Waals surface area (Å²) in [6.45, 7) is 0.600. The van der Waals surface area contributed by atoms with Crippen molar-refractivity contribution in [3.8, 4) is 0 Å². The van der Waals surface area contributed by atoms with Gasteiger partial charge in [0.2, 0.25) is 5.96 Å². The van der Waals surface area contributed by atoms with Crippen molar-refractivity contribution in [3.63, 3.8) is 0 Å². The van der Waals surface area contributed by atoms with E-state index in [4.69, 9.17) is 17.3 Å². The van der Waals surface area contributed by atoms with E-state index in [0.29, 0.717) is 10.9 Å². The molecule has 1 fully saturated rings. The predicted octanol–water partition coefficient (Wildman–Crippen LogP) is 2.27. The van der Waals surface area contributed by atoms with Crippen LogP contribution in [0.3, 0.4) is 0 Å². The zero-order valence-electron chi connectivity index (χ0n) is 11.2. The van der Waals surface area contributed by atoms with Crippen LogP contribution in [-0.4, -0.2) is 32.1 Å². The van der Waals surface area contributed by atoms with Crippen LogP contribution in [0.15, 0.2) is 25.8 Å². The Balaban J connectivity index is 1.79. The fourth-order valence-electron chi connectivity index (χ4n) is 2.73. The minimum absolute atomic E-state index is 0.0378. The molecule has 0 amide bonds. The third-order valence-corrected chi connectivity index (χ3v) is 6.80. The highest BCUT2D eigenvalue weighted by atomic mass is 35.5. The Hall–Kier alpha value is -1.12. The highest BCUT2D eigenvalue weighted by Crippen LogP contribution is 2.40. The number of hydrogen-bond acceptors (Lipinski definition) is 4. The largest absolute Gasteiger partial charge is 0.367 e. The van der Waals surface area contributed by atoms with Crippen LogP contribution >= 0.6 is 22.9 Å². The molecule has 3 rings (SSSR count). The molecule has 1 spiro atoms. The smallest absolute Gasteiger partial charge is 0.295 e. The van der Waals surface area contributed by atoms with Crippen molar-refractivity contribution >= 4 is 45.1 Å². The second-order valence-corrected chi connectivity index (χ2v) is 8.90. The summed E-state index contributed by atoms with van der Waals surface area (Å²) in [5.41, 5.74) is 5.85. The second-order valence-electron chi connectivity index (χ2n) is 5.35. The van der Waals surface area contributed by atoms with Gasteiger partial charge in [-0.25, -0.2) is 5.01 Å². The van der Waals surface area contributed by atoms with E-state index in [-0.39, 0.29) is 15.6 Å². The number of nitrogens with two attached hydrogens (primary N) is 1. The van der Waals surface area contributed by atoms with Crippen LogP contribution in [0.2, 0.25) is 4.34 Å². The van der Waals surface area contributed by atoms with Crippen LogP contribution in [0.5, 0.6) is 0 Å². The van der Waals surface area contributed by atoms with Gasteiger partial charge in [-0.2, -0.15) is 13.5 Å². The van der Waals surface area contributed by atoms with Crippen LogP contribution in [0.4, 0.5) is 0 Å². The van der Waals surface area contributed by atoms with Gasteiger partial charge in [0.15, 0.2) is 0 Å². The van der Waals surface area contributed by atoms with E-state index in [0.717, 1.165) is 24.2 Å². The molecule has 6 nitrogen and oxygen atoms in total. The Morgan fingerprint density at radius 1 is 1.43 bits per heavy atom. The highest BCUT2D eigenvalue weighted by molar-refractivity contribution is 7.92. The van der Waals surface area contributed by atoms with Gasteiger partial charge in [-0.3, -0.25) is 0 Å². The Kier molecular flexibility index (Phi) is 3.71. The third-order valence-electron chi connectivity index (χ3n) is 3.82. The van der Waals surface area contributed by atoms with Gasteiger partial charge in [0.1, 0.15) is 4.21 Å². The summed E-state index contributed by atoms with van der Waals surface area (Å²) in [6, 6.07) is 2.94. The molecule has 1 aromatic heterocycles. The van der Waals surface area contributed by atoms with E-state index in [1.807, 2.05) is 6.21 Å². The number of thiophene rings is 1. The summed E-state index contributed by atoms with van der Waals surface area (Å²) in [7, 11) is -3.83. The van der Waals surface area contributed by atoms with Gasteiger partial charge in [0.25, 0.3) is 10.0 Å². The third kappa shape index (κ3) is 2.93. The van der Waals surface area contributed by atoms with Gasteiger partial charge in [0, 0.05) is 11.6 Å². The van der Waals surface area contributed by atoms with E-state index in [1.165, 1.54) is 30.0 Å². The molecule has 0 saturated heterocycles. The Bertz CT molecular complexity index is 705. The molecular formula is C12H15ClN4O2S2. The van der Waals surface area contributed by atoms with Gasteiger partial charge in [-0.1, -0.05) is 24.4 Å². The first kappa shape index (κ1) is 14.8. The summed E-state index contributed by atoms with van der Waals surface area (Å²) in [6.07, 6.45) is 6.35. The van der Waals surface area contributed by atoms with Crippen molar-refractivity contribution in [2.24, 2.45) is 20.6 Å². The quantitative estimate of drug-likeness (QED) is 0.657. The SMILES string of the molecule is N/C(=N\S(=O)(=O)c1ccc(Cl)s1)N1CC2(C=N1)CCCC2. The van der Waals surface area contributed by atoms with Crippen LogP contribution in [-0.2, 0) is 10.0 Å². The lowest BCUT2D eigenvalue weighted by atomic mass is 9.89. The van der Waals surface area contributed by atoms with Gasteiger partial charge in [-0.15, -0.1) is 15.7 Å². The molecule has 9 heteroatoms.